The molecule has 5 heteroatoms. The smallest absolute Gasteiger partial charge is 0.343 e. The first-order valence-corrected chi connectivity index (χ1v) is 10.2. The summed E-state index contributed by atoms with van der Waals surface area (Å²) < 4.78 is 12.5. The number of rotatable bonds is 1. The highest BCUT2D eigenvalue weighted by Crippen LogP contribution is 2.63. The van der Waals surface area contributed by atoms with Crippen molar-refractivity contribution in [1.29, 1.82) is 0 Å². The van der Waals surface area contributed by atoms with Crippen molar-refractivity contribution >= 4 is 16.7 Å². The molecule has 3 aromatic rings. The van der Waals surface area contributed by atoms with Gasteiger partial charge in [0.1, 0.15) is 11.3 Å². The molecule has 0 radical (unpaired) electrons. The molecule has 7 rings (SSSR count). The maximum Gasteiger partial charge on any atom is 0.343 e. The zero-order chi connectivity index (χ0) is 20.1. The van der Waals surface area contributed by atoms with Crippen molar-refractivity contribution in [3.8, 4) is 5.75 Å². The first-order chi connectivity index (χ1) is 13.9. The molecule has 1 fully saturated rings. The van der Waals surface area contributed by atoms with Crippen LogP contribution in [0.4, 0.5) is 5.69 Å². The molecule has 1 aliphatic carbocycles. The number of nitrogens with zero attached hydrogens (tertiary/aromatic N) is 2. The zero-order valence-corrected chi connectivity index (χ0v) is 17.1. The van der Waals surface area contributed by atoms with E-state index >= 15 is 0 Å². The summed E-state index contributed by atoms with van der Waals surface area (Å²) in [6.07, 6.45) is 0.809. The Hall–Kier alpha value is -2.79. The molecular weight excluding hydrogens is 364 g/mol. The Morgan fingerprint density at radius 2 is 1.90 bits per heavy atom. The molecule has 148 valence electrons. The minimum absolute atomic E-state index is 0.0836. The lowest BCUT2D eigenvalue weighted by molar-refractivity contribution is -0.0994. The van der Waals surface area contributed by atoms with Crippen molar-refractivity contribution in [2.75, 3.05) is 26.0 Å². The van der Waals surface area contributed by atoms with Crippen molar-refractivity contribution in [3.05, 3.63) is 69.6 Å². The van der Waals surface area contributed by atoms with Crippen LogP contribution in [0.1, 0.15) is 42.0 Å². The molecule has 4 aliphatic rings. The molecular formula is C24H24N2O3. The van der Waals surface area contributed by atoms with Crippen LogP contribution in [0.15, 0.2) is 51.7 Å². The summed E-state index contributed by atoms with van der Waals surface area (Å²) in [6, 6.07) is 14.8. The van der Waals surface area contributed by atoms with Crippen molar-refractivity contribution in [2.45, 2.75) is 36.9 Å². The lowest BCUT2D eigenvalue weighted by Gasteiger charge is -2.60. The lowest BCUT2D eigenvalue weighted by Crippen LogP contribution is -2.62. The van der Waals surface area contributed by atoms with Crippen LogP contribution in [0.5, 0.6) is 5.75 Å². The standard InChI is InChI=1S/C24H24N2O3/c1-24-12-17-14-7-5-6-8-15(14)19(24)22(26(17)4)29-21-16-10-9-13(25(2)3)11-18(16)28-23(27)20(21)24/h5-11,17,19,22H,12H2,1-4H3. The average Bonchev–Trinajstić information content (AvgIpc) is 2.70. The first-order valence-electron chi connectivity index (χ1n) is 10.2. The second-order valence-corrected chi connectivity index (χ2v) is 9.09. The minimum Gasteiger partial charge on any atom is -0.473 e. The SMILES string of the molecule is CN(C)c1ccc2c3c(c(=O)oc2c1)C1(C)CC2c4ccccc4C1C(O3)N2C. The third kappa shape index (κ3) is 2.01. The number of hydrogen-bond donors (Lipinski definition) is 0. The van der Waals surface area contributed by atoms with Gasteiger partial charge in [-0.1, -0.05) is 31.2 Å². The number of likely N-dealkylation sites (N-methyl/N-ethyl adjacent to an activating group) is 1. The largest absolute Gasteiger partial charge is 0.473 e. The molecule has 0 saturated carbocycles. The summed E-state index contributed by atoms with van der Waals surface area (Å²) in [5.41, 5.74) is 4.38. The predicted molar refractivity (Wildman–Crippen MR) is 113 cm³/mol. The van der Waals surface area contributed by atoms with Crippen LogP contribution in [-0.2, 0) is 5.41 Å². The minimum atomic E-state index is -0.307. The van der Waals surface area contributed by atoms with Gasteiger partial charge in [-0.05, 0) is 36.7 Å². The van der Waals surface area contributed by atoms with Crippen molar-refractivity contribution in [3.63, 3.8) is 0 Å². The van der Waals surface area contributed by atoms with Gasteiger partial charge in [0.05, 0.1) is 10.9 Å². The number of hydrogen-bond acceptors (Lipinski definition) is 5. The highest BCUT2D eigenvalue weighted by atomic mass is 16.5. The number of anilines is 1. The molecule has 4 heterocycles. The molecule has 0 spiro atoms. The maximum atomic E-state index is 13.3. The van der Waals surface area contributed by atoms with E-state index in [0.717, 1.165) is 17.5 Å². The average molecular weight is 388 g/mol. The first kappa shape index (κ1) is 17.1. The molecule has 3 aliphatic heterocycles. The molecule has 5 nitrogen and oxygen atoms in total. The van der Waals surface area contributed by atoms with E-state index in [-0.39, 0.29) is 29.2 Å². The number of fused-ring (bicyclic) bond motifs is 3. The summed E-state index contributed by atoms with van der Waals surface area (Å²) in [5.74, 6) is 0.817. The molecule has 29 heavy (non-hydrogen) atoms. The van der Waals surface area contributed by atoms with Gasteiger partial charge in [-0.15, -0.1) is 0 Å². The van der Waals surface area contributed by atoms with Crippen LogP contribution in [0.3, 0.4) is 0 Å². The summed E-state index contributed by atoms with van der Waals surface area (Å²) >= 11 is 0. The lowest BCUT2D eigenvalue weighted by atomic mass is 9.55. The predicted octanol–water partition coefficient (Wildman–Crippen LogP) is 4.01. The van der Waals surface area contributed by atoms with Crippen LogP contribution >= 0.6 is 0 Å². The Bertz CT molecular complexity index is 1230. The van der Waals surface area contributed by atoms with Gasteiger partial charge in [-0.25, -0.2) is 4.79 Å². The molecule has 4 atom stereocenters. The molecule has 1 aromatic heterocycles. The highest BCUT2D eigenvalue weighted by Gasteiger charge is 2.61. The Morgan fingerprint density at radius 1 is 1.14 bits per heavy atom. The van der Waals surface area contributed by atoms with E-state index in [1.165, 1.54) is 11.1 Å². The molecule has 2 aromatic carbocycles. The van der Waals surface area contributed by atoms with Gasteiger partial charge >= 0.3 is 5.63 Å². The van der Waals surface area contributed by atoms with Crippen LogP contribution in [0, 0.1) is 0 Å². The van der Waals surface area contributed by atoms with E-state index in [1.54, 1.807) is 0 Å². The molecule has 1 saturated heterocycles. The van der Waals surface area contributed by atoms with E-state index in [4.69, 9.17) is 9.15 Å². The number of benzene rings is 2. The van der Waals surface area contributed by atoms with Crippen molar-refractivity contribution in [1.82, 2.24) is 4.90 Å². The van der Waals surface area contributed by atoms with E-state index in [1.807, 2.05) is 37.2 Å². The van der Waals surface area contributed by atoms with Crippen molar-refractivity contribution < 1.29 is 9.15 Å². The monoisotopic (exact) mass is 388 g/mol. The fourth-order valence-electron chi connectivity index (χ4n) is 5.91. The topological polar surface area (TPSA) is 45.9 Å². The van der Waals surface area contributed by atoms with Crippen LogP contribution in [0.25, 0.3) is 11.0 Å². The fourth-order valence-corrected chi connectivity index (χ4v) is 5.91. The Balaban J connectivity index is 1.64. The van der Waals surface area contributed by atoms with Crippen LogP contribution < -0.4 is 15.3 Å². The summed E-state index contributed by atoms with van der Waals surface area (Å²) in [6.45, 7) is 2.22. The van der Waals surface area contributed by atoms with Crippen LogP contribution in [-0.4, -0.2) is 32.3 Å². The highest BCUT2D eigenvalue weighted by molar-refractivity contribution is 5.88. The molecule has 4 bridgehead atoms. The maximum absolute atomic E-state index is 13.3. The van der Waals surface area contributed by atoms with Gasteiger partial charge in [0, 0.05) is 43.2 Å². The quantitative estimate of drug-likeness (QED) is 0.590. The fraction of sp³-hybridized carbons (Fsp3) is 0.375. The zero-order valence-electron chi connectivity index (χ0n) is 17.1. The normalized spacial score (nSPS) is 29.3. The van der Waals surface area contributed by atoms with Gasteiger partial charge < -0.3 is 14.1 Å². The van der Waals surface area contributed by atoms with E-state index < -0.39 is 0 Å². The second kappa shape index (κ2) is 5.42. The third-order valence-electron chi connectivity index (χ3n) is 7.34. The van der Waals surface area contributed by atoms with E-state index in [0.29, 0.717) is 16.9 Å². The molecule has 4 unspecified atom stereocenters. The third-order valence-corrected chi connectivity index (χ3v) is 7.34. The Morgan fingerprint density at radius 3 is 2.66 bits per heavy atom. The number of piperidine rings is 1. The van der Waals surface area contributed by atoms with Crippen LogP contribution in [0.2, 0.25) is 0 Å². The summed E-state index contributed by atoms with van der Waals surface area (Å²) in [5, 5.41) is 0.876. The number of ether oxygens (including phenoxy) is 1. The second-order valence-electron chi connectivity index (χ2n) is 9.09. The summed E-state index contributed by atoms with van der Waals surface area (Å²) in [4.78, 5) is 17.6. The Labute approximate surface area is 169 Å². The Kier molecular flexibility index (Phi) is 3.20. The molecule has 0 amide bonds. The summed E-state index contributed by atoms with van der Waals surface area (Å²) in [7, 11) is 6.09. The van der Waals surface area contributed by atoms with E-state index in [9.17, 15) is 4.79 Å². The van der Waals surface area contributed by atoms with Gasteiger partial charge in [-0.2, -0.15) is 0 Å². The van der Waals surface area contributed by atoms with Gasteiger partial charge in [0.2, 0.25) is 0 Å². The van der Waals surface area contributed by atoms with Crippen molar-refractivity contribution in [2.24, 2.45) is 0 Å². The van der Waals surface area contributed by atoms with Gasteiger partial charge in [0.25, 0.3) is 0 Å². The molecule has 0 N–H and O–H groups in total. The van der Waals surface area contributed by atoms with Gasteiger partial charge in [-0.3, -0.25) is 4.90 Å². The van der Waals surface area contributed by atoms with Gasteiger partial charge in [0.15, 0.2) is 6.23 Å². The van der Waals surface area contributed by atoms with E-state index in [2.05, 4.69) is 43.1 Å².